The van der Waals surface area contributed by atoms with Crippen LogP contribution in [0.5, 0.6) is 0 Å². The van der Waals surface area contributed by atoms with Gasteiger partial charge in [0, 0.05) is 25.4 Å². The Labute approximate surface area is 90.6 Å². The van der Waals surface area contributed by atoms with Gasteiger partial charge in [-0.3, -0.25) is 0 Å². The van der Waals surface area contributed by atoms with Crippen molar-refractivity contribution >= 4 is 11.8 Å². The first kappa shape index (κ1) is 12.3. The SMILES string of the molecule is COCC(O)CNCC1CCCCS1. The molecule has 1 saturated heterocycles. The van der Waals surface area contributed by atoms with Gasteiger partial charge in [-0.25, -0.2) is 0 Å². The Bertz CT molecular complexity index is 140. The van der Waals surface area contributed by atoms with Gasteiger partial charge in [-0.05, 0) is 18.6 Å². The van der Waals surface area contributed by atoms with E-state index in [2.05, 4.69) is 17.1 Å². The smallest absolute Gasteiger partial charge is 0.0897 e. The number of ether oxygens (including phenoxy) is 1. The maximum atomic E-state index is 9.38. The molecule has 1 rings (SSSR count). The maximum absolute atomic E-state index is 9.38. The van der Waals surface area contributed by atoms with Crippen LogP contribution in [0.3, 0.4) is 0 Å². The first-order valence-electron chi connectivity index (χ1n) is 5.32. The van der Waals surface area contributed by atoms with Crippen LogP contribution in [0.2, 0.25) is 0 Å². The van der Waals surface area contributed by atoms with Crippen LogP contribution < -0.4 is 5.32 Å². The third-order valence-corrected chi connectivity index (χ3v) is 3.78. The average Bonchev–Trinajstić information content (AvgIpc) is 2.20. The summed E-state index contributed by atoms with van der Waals surface area (Å²) in [5.74, 6) is 1.30. The van der Waals surface area contributed by atoms with Gasteiger partial charge in [-0.1, -0.05) is 6.42 Å². The molecule has 1 heterocycles. The van der Waals surface area contributed by atoms with E-state index in [1.54, 1.807) is 7.11 Å². The molecule has 0 aromatic rings. The van der Waals surface area contributed by atoms with Gasteiger partial charge in [0.15, 0.2) is 0 Å². The second-order valence-electron chi connectivity index (χ2n) is 3.76. The molecule has 1 fully saturated rings. The maximum Gasteiger partial charge on any atom is 0.0897 e. The Morgan fingerprint density at radius 2 is 2.43 bits per heavy atom. The van der Waals surface area contributed by atoms with Gasteiger partial charge in [-0.15, -0.1) is 0 Å². The lowest BCUT2D eigenvalue weighted by Gasteiger charge is -2.22. The molecular formula is C10H21NO2S. The average molecular weight is 219 g/mol. The van der Waals surface area contributed by atoms with Gasteiger partial charge in [0.2, 0.25) is 0 Å². The van der Waals surface area contributed by atoms with Crippen LogP contribution in [0.15, 0.2) is 0 Å². The molecule has 4 heteroatoms. The number of thioether (sulfide) groups is 1. The number of methoxy groups -OCH3 is 1. The van der Waals surface area contributed by atoms with Crippen molar-refractivity contribution in [2.75, 3.05) is 32.6 Å². The van der Waals surface area contributed by atoms with Gasteiger partial charge in [0.25, 0.3) is 0 Å². The van der Waals surface area contributed by atoms with E-state index in [1.165, 1.54) is 25.0 Å². The summed E-state index contributed by atoms with van der Waals surface area (Å²) >= 11 is 2.05. The second-order valence-corrected chi connectivity index (χ2v) is 5.16. The van der Waals surface area contributed by atoms with Crippen LogP contribution in [0, 0.1) is 0 Å². The number of nitrogens with one attached hydrogen (secondary N) is 1. The molecule has 0 bridgehead atoms. The van der Waals surface area contributed by atoms with Crippen molar-refractivity contribution in [1.82, 2.24) is 5.32 Å². The number of aliphatic hydroxyl groups is 1. The highest BCUT2D eigenvalue weighted by atomic mass is 32.2. The predicted octanol–water partition coefficient (Wildman–Crippen LogP) is 0.869. The summed E-state index contributed by atoms with van der Waals surface area (Å²) in [7, 11) is 1.61. The van der Waals surface area contributed by atoms with Crippen molar-refractivity contribution in [2.45, 2.75) is 30.6 Å². The summed E-state index contributed by atoms with van der Waals surface area (Å²) in [6, 6.07) is 0. The minimum Gasteiger partial charge on any atom is -0.389 e. The molecule has 2 N–H and O–H groups in total. The van der Waals surface area contributed by atoms with E-state index in [4.69, 9.17) is 4.74 Å². The van der Waals surface area contributed by atoms with Crippen molar-refractivity contribution in [2.24, 2.45) is 0 Å². The summed E-state index contributed by atoms with van der Waals surface area (Å²) in [5, 5.41) is 13.4. The van der Waals surface area contributed by atoms with Gasteiger partial charge >= 0.3 is 0 Å². The van der Waals surface area contributed by atoms with Gasteiger partial charge in [0.1, 0.15) is 0 Å². The topological polar surface area (TPSA) is 41.5 Å². The Hall–Kier alpha value is 0.230. The highest BCUT2D eigenvalue weighted by molar-refractivity contribution is 7.99. The van der Waals surface area contributed by atoms with Crippen molar-refractivity contribution < 1.29 is 9.84 Å². The highest BCUT2D eigenvalue weighted by Crippen LogP contribution is 2.24. The molecule has 0 spiro atoms. The standard InChI is InChI=1S/C10H21NO2S/c1-13-8-9(12)6-11-7-10-4-2-3-5-14-10/h9-12H,2-8H2,1H3. The van der Waals surface area contributed by atoms with E-state index in [9.17, 15) is 5.11 Å². The van der Waals surface area contributed by atoms with E-state index >= 15 is 0 Å². The predicted molar refractivity (Wildman–Crippen MR) is 60.8 cm³/mol. The summed E-state index contributed by atoms with van der Waals surface area (Å²) in [4.78, 5) is 0. The fraction of sp³-hybridized carbons (Fsp3) is 1.00. The summed E-state index contributed by atoms with van der Waals surface area (Å²) in [6.45, 7) is 2.08. The van der Waals surface area contributed by atoms with E-state index in [0.29, 0.717) is 13.2 Å². The Balaban J connectivity index is 1.96. The lowest BCUT2D eigenvalue weighted by atomic mass is 10.2. The van der Waals surface area contributed by atoms with Crippen molar-refractivity contribution in [3.63, 3.8) is 0 Å². The molecule has 2 unspecified atom stereocenters. The molecule has 0 radical (unpaired) electrons. The summed E-state index contributed by atoms with van der Waals surface area (Å²) < 4.78 is 4.85. The second kappa shape index (κ2) is 7.51. The normalized spacial score (nSPS) is 24.9. The van der Waals surface area contributed by atoms with Gasteiger partial charge in [-0.2, -0.15) is 11.8 Å². The number of aliphatic hydroxyl groups excluding tert-OH is 1. The molecule has 0 aliphatic carbocycles. The minimum atomic E-state index is -0.367. The zero-order valence-corrected chi connectivity index (χ0v) is 9.68. The van der Waals surface area contributed by atoms with Crippen LogP contribution in [0.1, 0.15) is 19.3 Å². The summed E-state index contributed by atoms with van der Waals surface area (Å²) in [6.07, 6.45) is 3.68. The molecule has 0 aromatic heterocycles. The van der Waals surface area contributed by atoms with Crippen molar-refractivity contribution in [3.8, 4) is 0 Å². The van der Waals surface area contributed by atoms with Crippen LogP contribution in [-0.4, -0.2) is 49.0 Å². The Morgan fingerprint density at radius 1 is 1.57 bits per heavy atom. The highest BCUT2D eigenvalue weighted by Gasteiger charge is 2.13. The zero-order chi connectivity index (χ0) is 10.2. The molecular weight excluding hydrogens is 198 g/mol. The number of hydrogen-bond acceptors (Lipinski definition) is 4. The van der Waals surface area contributed by atoms with Gasteiger partial charge < -0.3 is 15.2 Å². The quantitative estimate of drug-likeness (QED) is 0.695. The van der Waals surface area contributed by atoms with E-state index < -0.39 is 0 Å². The van der Waals surface area contributed by atoms with E-state index in [0.717, 1.165) is 11.8 Å². The monoisotopic (exact) mass is 219 g/mol. The Morgan fingerprint density at radius 3 is 3.07 bits per heavy atom. The lowest BCUT2D eigenvalue weighted by molar-refractivity contribution is 0.0647. The number of rotatable bonds is 6. The van der Waals surface area contributed by atoms with Crippen molar-refractivity contribution in [3.05, 3.63) is 0 Å². The van der Waals surface area contributed by atoms with Crippen molar-refractivity contribution in [1.29, 1.82) is 0 Å². The first-order valence-corrected chi connectivity index (χ1v) is 6.37. The van der Waals surface area contributed by atoms with Crippen LogP contribution in [-0.2, 0) is 4.74 Å². The van der Waals surface area contributed by atoms with Crippen LogP contribution >= 0.6 is 11.8 Å². The Kier molecular flexibility index (Phi) is 6.60. The van der Waals surface area contributed by atoms with Gasteiger partial charge in [0.05, 0.1) is 12.7 Å². The molecule has 0 aromatic carbocycles. The van der Waals surface area contributed by atoms with E-state index in [-0.39, 0.29) is 6.10 Å². The molecule has 2 atom stereocenters. The molecule has 0 amide bonds. The molecule has 0 saturated carbocycles. The number of hydrogen-bond donors (Lipinski definition) is 2. The molecule has 1 aliphatic heterocycles. The lowest BCUT2D eigenvalue weighted by Crippen LogP contribution is -2.34. The molecule has 3 nitrogen and oxygen atoms in total. The fourth-order valence-corrected chi connectivity index (χ4v) is 2.90. The zero-order valence-electron chi connectivity index (χ0n) is 8.87. The third-order valence-electron chi connectivity index (χ3n) is 2.39. The van der Waals surface area contributed by atoms with Crippen LogP contribution in [0.4, 0.5) is 0 Å². The van der Waals surface area contributed by atoms with Crippen LogP contribution in [0.25, 0.3) is 0 Å². The molecule has 1 aliphatic rings. The summed E-state index contributed by atoms with van der Waals surface area (Å²) in [5.41, 5.74) is 0. The van der Waals surface area contributed by atoms with E-state index in [1.807, 2.05) is 0 Å². The first-order chi connectivity index (χ1) is 6.83. The molecule has 84 valence electrons. The molecule has 14 heavy (non-hydrogen) atoms. The largest absolute Gasteiger partial charge is 0.389 e. The third kappa shape index (κ3) is 5.20. The minimum absolute atomic E-state index is 0.367. The fourth-order valence-electron chi connectivity index (χ4n) is 1.63.